The van der Waals surface area contributed by atoms with Crippen LogP contribution in [-0.4, -0.2) is 22.2 Å². The average Bonchev–Trinajstić information content (AvgIpc) is 2.25. The standard InChI is InChI=1S/C11H13NO3S/c1-2-9(10(12)13)16-8-5-3-4-7(6-8)11(14)15/h3-6,9H,2H2,1H3,(H2,12,13)(H,14,15). The van der Waals surface area contributed by atoms with Crippen molar-refractivity contribution < 1.29 is 14.7 Å². The quantitative estimate of drug-likeness (QED) is 0.767. The molecule has 16 heavy (non-hydrogen) atoms. The van der Waals surface area contributed by atoms with E-state index in [1.165, 1.54) is 17.8 Å². The van der Waals surface area contributed by atoms with Gasteiger partial charge >= 0.3 is 5.97 Å². The molecule has 0 aliphatic rings. The van der Waals surface area contributed by atoms with Gasteiger partial charge in [0.25, 0.3) is 0 Å². The molecule has 0 spiro atoms. The van der Waals surface area contributed by atoms with E-state index in [0.29, 0.717) is 6.42 Å². The second kappa shape index (κ2) is 5.55. The van der Waals surface area contributed by atoms with Gasteiger partial charge in [-0.1, -0.05) is 13.0 Å². The molecule has 0 heterocycles. The van der Waals surface area contributed by atoms with Crippen LogP contribution < -0.4 is 5.73 Å². The van der Waals surface area contributed by atoms with E-state index in [-0.39, 0.29) is 16.7 Å². The Morgan fingerprint density at radius 2 is 2.19 bits per heavy atom. The molecule has 1 atom stereocenters. The highest BCUT2D eigenvalue weighted by Gasteiger charge is 2.15. The van der Waals surface area contributed by atoms with E-state index in [2.05, 4.69) is 0 Å². The van der Waals surface area contributed by atoms with Crippen molar-refractivity contribution in [2.75, 3.05) is 0 Å². The molecule has 1 aromatic carbocycles. The Morgan fingerprint density at radius 3 is 2.69 bits per heavy atom. The summed E-state index contributed by atoms with van der Waals surface area (Å²) in [6.07, 6.45) is 0.622. The lowest BCUT2D eigenvalue weighted by atomic mass is 10.2. The zero-order valence-corrected chi connectivity index (χ0v) is 9.66. The molecule has 0 aliphatic carbocycles. The highest BCUT2D eigenvalue weighted by molar-refractivity contribution is 8.00. The number of amides is 1. The highest BCUT2D eigenvalue weighted by Crippen LogP contribution is 2.25. The lowest BCUT2D eigenvalue weighted by Gasteiger charge is -2.10. The van der Waals surface area contributed by atoms with Crippen molar-refractivity contribution in [3.63, 3.8) is 0 Å². The van der Waals surface area contributed by atoms with Crippen molar-refractivity contribution in [1.82, 2.24) is 0 Å². The van der Waals surface area contributed by atoms with Crippen LogP contribution in [0.5, 0.6) is 0 Å². The fraction of sp³-hybridized carbons (Fsp3) is 0.273. The van der Waals surface area contributed by atoms with Gasteiger partial charge in [-0.15, -0.1) is 11.8 Å². The van der Waals surface area contributed by atoms with Crippen LogP contribution in [0.15, 0.2) is 29.2 Å². The molecule has 0 fully saturated rings. The first-order valence-corrected chi connectivity index (χ1v) is 5.72. The van der Waals surface area contributed by atoms with Gasteiger partial charge in [0, 0.05) is 4.90 Å². The predicted molar refractivity (Wildman–Crippen MR) is 62.5 cm³/mol. The molecule has 1 aromatic rings. The summed E-state index contributed by atoms with van der Waals surface area (Å²) in [5.74, 6) is -1.36. The summed E-state index contributed by atoms with van der Waals surface area (Å²) in [4.78, 5) is 22.5. The van der Waals surface area contributed by atoms with Gasteiger partial charge < -0.3 is 10.8 Å². The van der Waals surface area contributed by atoms with E-state index in [1.54, 1.807) is 18.2 Å². The van der Waals surface area contributed by atoms with E-state index in [1.807, 2.05) is 6.92 Å². The molecule has 1 rings (SSSR count). The smallest absolute Gasteiger partial charge is 0.335 e. The summed E-state index contributed by atoms with van der Waals surface area (Å²) in [6, 6.07) is 6.47. The summed E-state index contributed by atoms with van der Waals surface area (Å²) in [5.41, 5.74) is 5.43. The van der Waals surface area contributed by atoms with Crippen molar-refractivity contribution in [1.29, 1.82) is 0 Å². The molecule has 5 heteroatoms. The van der Waals surface area contributed by atoms with Crippen molar-refractivity contribution in [3.05, 3.63) is 29.8 Å². The molecule has 0 radical (unpaired) electrons. The normalized spacial score (nSPS) is 12.1. The van der Waals surface area contributed by atoms with Crippen molar-refractivity contribution in [3.8, 4) is 0 Å². The minimum absolute atomic E-state index is 0.212. The maximum Gasteiger partial charge on any atom is 0.335 e. The Kier molecular flexibility index (Phi) is 4.37. The number of hydrogen-bond donors (Lipinski definition) is 2. The Hall–Kier alpha value is -1.49. The lowest BCUT2D eigenvalue weighted by Crippen LogP contribution is -2.24. The van der Waals surface area contributed by atoms with Crippen LogP contribution in [-0.2, 0) is 4.79 Å². The summed E-state index contributed by atoms with van der Waals surface area (Å²) >= 11 is 1.29. The molecule has 1 unspecified atom stereocenters. The van der Waals surface area contributed by atoms with Crippen molar-refractivity contribution in [2.24, 2.45) is 5.73 Å². The first kappa shape index (κ1) is 12.6. The van der Waals surface area contributed by atoms with Crippen LogP contribution in [0.4, 0.5) is 0 Å². The Bertz CT molecular complexity index is 406. The van der Waals surface area contributed by atoms with Crippen LogP contribution in [0.2, 0.25) is 0 Å². The monoisotopic (exact) mass is 239 g/mol. The van der Waals surface area contributed by atoms with E-state index >= 15 is 0 Å². The van der Waals surface area contributed by atoms with E-state index < -0.39 is 5.97 Å². The molecule has 1 amide bonds. The zero-order valence-electron chi connectivity index (χ0n) is 8.84. The molecule has 0 saturated heterocycles. The number of carbonyl (C=O) groups is 2. The average molecular weight is 239 g/mol. The van der Waals surface area contributed by atoms with E-state index in [9.17, 15) is 9.59 Å². The summed E-state index contributed by atoms with van der Waals surface area (Å²) in [7, 11) is 0. The minimum Gasteiger partial charge on any atom is -0.478 e. The van der Waals surface area contributed by atoms with Crippen LogP contribution in [0, 0.1) is 0 Å². The summed E-state index contributed by atoms with van der Waals surface area (Å²) < 4.78 is 0. The first-order valence-electron chi connectivity index (χ1n) is 4.84. The molecule has 4 nitrogen and oxygen atoms in total. The molecule has 86 valence electrons. The van der Waals surface area contributed by atoms with Gasteiger partial charge in [0.2, 0.25) is 5.91 Å². The van der Waals surface area contributed by atoms with Gasteiger partial charge in [0.05, 0.1) is 10.8 Å². The lowest BCUT2D eigenvalue weighted by molar-refractivity contribution is -0.117. The van der Waals surface area contributed by atoms with Crippen LogP contribution in [0.25, 0.3) is 0 Å². The topological polar surface area (TPSA) is 80.4 Å². The number of thioether (sulfide) groups is 1. The number of benzene rings is 1. The molecule has 0 saturated carbocycles. The number of nitrogens with two attached hydrogens (primary N) is 1. The third-order valence-electron chi connectivity index (χ3n) is 2.05. The Labute approximate surface area is 97.8 Å². The first-order chi connectivity index (χ1) is 7.54. The third kappa shape index (κ3) is 3.27. The highest BCUT2D eigenvalue weighted by atomic mass is 32.2. The zero-order chi connectivity index (χ0) is 12.1. The van der Waals surface area contributed by atoms with Crippen LogP contribution >= 0.6 is 11.8 Å². The number of carboxylic acids is 1. The van der Waals surface area contributed by atoms with Gasteiger partial charge in [-0.2, -0.15) is 0 Å². The molecular weight excluding hydrogens is 226 g/mol. The third-order valence-corrected chi connectivity index (χ3v) is 3.42. The molecule has 0 aromatic heterocycles. The fourth-order valence-electron chi connectivity index (χ4n) is 1.21. The number of hydrogen-bond acceptors (Lipinski definition) is 3. The van der Waals surface area contributed by atoms with Crippen LogP contribution in [0.3, 0.4) is 0 Å². The number of aromatic carboxylic acids is 1. The number of primary amides is 1. The minimum atomic E-state index is -0.977. The van der Waals surface area contributed by atoms with E-state index in [4.69, 9.17) is 10.8 Å². The second-order valence-corrected chi connectivity index (χ2v) is 4.53. The molecular formula is C11H13NO3S. The Balaban J connectivity index is 2.84. The van der Waals surface area contributed by atoms with Gasteiger partial charge in [-0.3, -0.25) is 4.79 Å². The van der Waals surface area contributed by atoms with Gasteiger partial charge in [0.1, 0.15) is 0 Å². The van der Waals surface area contributed by atoms with Gasteiger partial charge in [-0.05, 0) is 24.6 Å². The maximum absolute atomic E-state index is 11.0. The summed E-state index contributed by atoms with van der Waals surface area (Å²) in [6.45, 7) is 1.86. The molecule has 0 aliphatic heterocycles. The summed E-state index contributed by atoms with van der Waals surface area (Å²) in [5, 5.41) is 8.49. The fourth-order valence-corrected chi connectivity index (χ4v) is 2.17. The molecule has 0 bridgehead atoms. The predicted octanol–water partition coefficient (Wildman–Crippen LogP) is 1.74. The maximum atomic E-state index is 11.0. The molecule has 3 N–H and O–H groups in total. The number of carbonyl (C=O) groups excluding carboxylic acids is 1. The van der Waals surface area contributed by atoms with E-state index in [0.717, 1.165) is 4.90 Å². The van der Waals surface area contributed by atoms with Gasteiger partial charge in [0.15, 0.2) is 0 Å². The SMILES string of the molecule is CCC(Sc1cccc(C(=O)O)c1)C(N)=O. The van der Waals surface area contributed by atoms with Crippen molar-refractivity contribution in [2.45, 2.75) is 23.5 Å². The number of rotatable bonds is 5. The van der Waals surface area contributed by atoms with Crippen molar-refractivity contribution >= 4 is 23.6 Å². The Morgan fingerprint density at radius 1 is 1.50 bits per heavy atom. The number of carboxylic acid groups (broad SMARTS) is 1. The second-order valence-electron chi connectivity index (χ2n) is 3.25. The largest absolute Gasteiger partial charge is 0.478 e. The van der Waals surface area contributed by atoms with Crippen LogP contribution in [0.1, 0.15) is 23.7 Å². The van der Waals surface area contributed by atoms with Gasteiger partial charge in [-0.25, -0.2) is 4.79 Å².